The van der Waals surface area contributed by atoms with E-state index in [1.807, 2.05) is 26.8 Å². The molecule has 0 aliphatic carbocycles. The topological polar surface area (TPSA) is 46.5 Å². The van der Waals surface area contributed by atoms with E-state index in [-0.39, 0.29) is 13.0 Å². The maximum Gasteiger partial charge on any atom is 0.339 e. The molecule has 1 N–H and O–H groups in total. The van der Waals surface area contributed by atoms with Gasteiger partial charge in [0.2, 0.25) is 0 Å². The Balaban J connectivity index is 0. The van der Waals surface area contributed by atoms with Gasteiger partial charge in [0, 0.05) is 0 Å². The fourth-order valence-electron chi connectivity index (χ4n) is 0.989. The van der Waals surface area contributed by atoms with Gasteiger partial charge in [0.1, 0.15) is 11.3 Å². The maximum absolute atomic E-state index is 10.7. The first kappa shape index (κ1) is 15.9. The van der Waals surface area contributed by atoms with Gasteiger partial charge in [-0.15, -0.1) is 0 Å². The summed E-state index contributed by atoms with van der Waals surface area (Å²) in [4.78, 5) is 10.7. The van der Waals surface area contributed by atoms with E-state index in [0.717, 1.165) is 5.56 Å². The summed E-state index contributed by atoms with van der Waals surface area (Å²) >= 11 is 0. The lowest BCUT2D eigenvalue weighted by molar-refractivity contribution is 0.0693. The van der Waals surface area contributed by atoms with Crippen molar-refractivity contribution in [1.82, 2.24) is 0 Å². The fourth-order valence-corrected chi connectivity index (χ4v) is 0.989. The van der Waals surface area contributed by atoms with Crippen LogP contribution in [0.15, 0.2) is 18.2 Å². The molecular formula is C12H20O3. The zero-order valence-corrected chi connectivity index (χ0v) is 9.00. The number of carboxylic acid groups (broad SMARTS) is 1. The van der Waals surface area contributed by atoms with Crippen molar-refractivity contribution in [3.63, 3.8) is 0 Å². The molecule has 3 heteroatoms. The Kier molecular flexibility index (Phi) is 8.35. The lowest BCUT2D eigenvalue weighted by Crippen LogP contribution is -2.00. The Bertz CT molecular complexity index is 306. The number of rotatable bonds is 2. The molecule has 86 valence electrons. The Morgan fingerprint density at radius 3 is 2.27 bits per heavy atom. The van der Waals surface area contributed by atoms with Crippen molar-refractivity contribution < 1.29 is 14.6 Å². The summed E-state index contributed by atoms with van der Waals surface area (Å²) in [7, 11) is 1.46. The van der Waals surface area contributed by atoms with Gasteiger partial charge >= 0.3 is 5.97 Å². The predicted molar refractivity (Wildman–Crippen MR) is 62.8 cm³/mol. The van der Waals surface area contributed by atoms with Crippen LogP contribution in [0.25, 0.3) is 0 Å². The first-order valence-corrected chi connectivity index (χ1v) is 4.53. The molecule has 0 bridgehead atoms. The van der Waals surface area contributed by atoms with Gasteiger partial charge in [-0.25, -0.2) is 4.79 Å². The number of carboxylic acids is 1. The van der Waals surface area contributed by atoms with Crippen LogP contribution in [0.2, 0.25) is 0 Å². The summed E-state index contributed by atoms with van der Waals surface area (Å²) in [6.07, 6.45) is 0. The smallest absolute Gasteiger partial charge is 0.339 e. The number of hydrogen-bond acceptors (Lipinski definition) is 2. The summed E-state index contributed by atoms with van der Waals surface area (Å²) in [6.45, 7) is 5.84. The molecule has 0 fully saturated rings. The summed E-state index contributed by atoms with van der Waals surface area (Å²) in [6, 6.07) is 5.05. The molecule has 15 heavy (non-hydrogen) atoms. The molecular weight excluding hydrogens is 192 g/mol. The summed E-state index contributed by atoms with van der Waals surface area (Å²) in [5.74, 6) is -0.566. The van der Waals surface area contributed by atoms with Gasteiger partial charge in [0.05, 0.1) is 7.11 Å². The van der Waals surface area contributed by atoms with Crippen molar-refractivity contribution in [3.8, 4) is 5.75 Å². The van der Waals surface area contributed by atoms with Crippen LogP contribution >= 0.6 is 0 Å². The molecule has 0 spiro atoms. The van der Waals surface area contributed by atoms with Crippen LogP contribution in [0, 0.1) is 6.92 Å². The highest BCUT2D eigenvalue weighted by Crippen LogP contribution is 2.18. The first-order valence-electron chi connectivity index (χ1n) is 4.53. The Hall–Kier alpha value is -1.51. The second-order valence-electron chi connectivity index (χ2n) is 2.51. The molecule has 0 aliphatic heterocycles. The predicted octanol–water partition coefficient (Wildman–Crippen LogP) is 3.36. The first-order chi connectivity index (χ1) is 6.65. The molecule has 0 amide bonds. The minimum Gasteiger partial charge on any atom is -0.496 e. The molecule has 0 saturated carbocycles. The highest BCUT2D eigenvalue weighted by Gasteiger charge is 2.09. The quantitative estimate of drug-likeness (QED) is 0.817. The highest BCUT2D eigenvalue weighted by molar-refractivity contribution is 5.91. The Morgan fingerprint density at radius 2 is 1.87 bits per heavy atom. The molecule has 0 aliphatic rings. The second kappa shape index (κ2) is 7.85. The van der Waals surface area contributed by atoms with Crippen LogP contribution in [-0.4, -0.2) is 18.2 Å². The van der Waals surface area contributed by atoms with Crippen molar-refractivity contribution in [3.05, 3.63) is 29.3 Å². The SMILES string of the molecule is C.CC.COc1ccc(C)cc1C(=O)O. The molecule has 0 radical (unpaired) electrons. The van der Waals surface area contributed by atoms with E-state index in [9.17, 15) is 4.79 Å². The minimum absolute atomic E-state index is 0. The van der Waals surface area contributed by atoms with Crippen LogP contribution in [0.4, 0.5) is 0 Å². The summed E-state index contributed by atoms with van der Waals surface area (Å²) in [5.41, 5.74) is 1.12. The van der Waals surface area contributed by atoms with Gasteiger partial charge in [-0.1, -0.05) is 32.9 Å². The monoisotopic (exact) mass is 212 g/mol. The maximum atomic E-state index is 10.7. The van der Waals surface area contributed by atoms with Gasteiger partial charge < -0.3 is 9.84 Å². The van der Waals surface area contributed by atoms with Gasteiger partial charge in [-0.05, 0) is 19.1 Å². The third-order valence-corrected chi connectivity index (χ3v) is 1.59. The molecule has 1 aromatic carbocycles. The van der Waals surface area contributed by atoms with E-state index < -0.39 is 5.97 Å². The van der Waals surface area contributed by atoms with Crippen molar-refractivity contribution in [2.24, 2.45) is 0 Å². The van der Waals surface area contributed by atoms with Crippen molar-refractivity contribution >= 4 is 5.97 Å². The van der Waals surface area contributed by atoms with Crippen LogP contribution in [0.3, 0.4) is 0 Å². The number of aromatic carboxylic acids is 1. The number of methoxy groups -OCH3 is 1. The van der Waals surface area contributed by atoms with E-state index in [0.29, 0.717) is 5.75 Å². The number of benzene rings is 1. The van der Waals surface area contributed by atoms with E-state index in [2.05, 4.69) is 0 Å². The Morgan fingerprint density at radius 1 is 1.33 bits per heavy atom. The number of hydrogen-bond donors (Lipinski definition) is 1. The molecule has 3 nitrogen and oxygen atoms in total. The van der Waals surface area contributed by atoms with Crippen LogP contribution in [-0.2, 0) is 0 Å². The van der Waals surface area contributed by atoms with E-state index >= 15 is 0 Å². The molecule has 1 rings (SSSR count). The molecule has 0 unspecified atom stereocenters. The highest BCUT2D eigenvalue weighted by atomic mass is 16.5. The Labute approximate surface area is 91.7 Å². The van der Waals surface area contributed by atoms with Gasteiger partial charge in [-0.3, -0.25) is 0 Å². The zero-order chi connectivity index (χ0) is 11.1. The normalized spacial score (nSPS) is 8.00. The van der Waals surface area contributed by atoms with Crippen molar-refractivity contribution in [2.75, 3.05) is 7.11 Å². The fraction of sp³-hybridized carbons (Fsp3) is 0.417. The second-order valence-corrected chi connectivity index (χ2v) is 2.51. The van der Waals surface area contributed by atoms with Crippen molar-refractivity contribution in [2.45, 2.75) is 28.2 Å². The van der Waals surface area contributed by atoms with Crippen LogP contribution in [0.1, 0.15) is 37.2 Å². The van der Waals surface area contributed by atoms with E-state index in [1.165, 1.54) is 7.11 Å². The van der Waals surface area contributed by atoms with E-state index in [4.69, 9.17) is 9.84 Å². The number of aryl methyl sites for hydroxylation is 1. The van der Waals surface area contributed by atoms with Crippen LogP contribution in [0.5, 0.6) is 5.75 Å². The average Bonchev–Trinajstić information content (AvgIpc) is 2.20. The molecule has 0 heterocycles. The molecule has 1 aromatic rings. The van der Waals surface area contributed by atoms with Crippen LogP contribution < -0.4 is 4.74 Å². The number of carbonyl (C=O) groups is 1. The summed E-state index contributed by atoms with van der Waals surface area (Å²) in [5, 5.41) is 8.74. The average molecular weight is 212 g/mol. The molecule has 0 atom stereocenters. The lowest BCUT2D eigenvalue weighted by atomic mass is 10.1. The largest absolute Gasteiger partial charge is 0.496 e. The van der Waals surface area contributed by atoms with Gasteiger partial charge in [0.15, 0.2) is 0 Å². The minimum atomic E-state index is -0.962. The third kappa shape index (κ3) is 4.49. The molecule has 0 saturated heterocycles. The van der Waals surface area contributed by atoms with E-state index in [1.54, 1.807) is 12.1 Å². The van der Waals surface area contributed by atoms with Gasteiger partial charge in [-0.2, -0.15) is 0 Å². The molecule has 0 aromatic heterocycles. The van der Waals surface area contributed by atoms with Crippen molar-refractivity contribution in [1.29, 1.82) is 0 Å². The zero-order valence-electron chi connectivity index (χ0n) is 9.00. The van der Waals surface area contributed by atoms with Gasteiger partial charge in [0.25, 0.3) is 0 Å². The number of ether oxygens (including phenoxy) is 1. The lowest BCUT2D eigenvalue weighted by Gasteiger charge is -2.04. The summed E-state index contributed by atoms with van der Waals surface area (Å²) < 4.78 is 4.88. The standard InChI is InChI=1S/C9H10O3.C2H6.CH4/c1-6-3-4-8(12-2)7(5-6)9(10)11;1-2;/h3-5H,1-2H3,(H,10,11);1-2H3;1H4. The third-order valence-electron chi connectivity index (χ3n) is 1.59.